The summed E-state index contributed by atoms with van der Waals surface area (Å²) in [7, 11) is -1.11. The highest BCUT2D eigenvalue weighted by atomic mass is 32.2. The Hall–Kier alpha value is -2.86. The van der Waals surface area contributed by atoms with Crippen LogP contribution < -0.4 is 10.1 Å². The highest BCUT2D eigenvalue weighted by Crippen LogP contribution is 2.18. The molecule has 29 heavy (non-hydrogen) atoms. The average Bonchev–Trinajstić information content (AvgIpc) is 3.17. The van der Waals surface area contributed by atoms with E-state index in [-0.39, 0.29) is 17.4 Å². The maximum Gasteiger partial charge on any atom is 0.287 e. The maximum absolute atomic E-state index is 12.4. The van der Waals surface area contributed by atoms with Crippen LogP contribution in [-0.2, 0) is 28.9 Å². The van der Waals surface area contributed by atoms with Crippen LogP contribution in [0.1, 0.15) is 39.9 Å². The molecule has 0 aliphatic heterocycles. The fourth-order valence-corrected chi connectivity index (χ4v) is 4.01. The quantitative estimate of drug-likeness (QED) is 0.568. The fraction of sp³-hybridized carbons (Fsp3) is 0.261. The molecular weight excluding hydrogens is 386 g/mol. The van der Waals surface area contributed by atoms with Crippen molar-refractivity contribution >= 4 is 16.7 Å². The Morgan fingerprint density at radius 3 is 2.55 bits per heavy atom. The van der Waals surface area contributed by atoms with E-state index in [9.17, 15) is 9.00 Å². The van der Waals surface area contributed by atoms with Gasteiger partial charge in [-0.3, -0.25) is 9.00 Å². The zero-order chi connectivity index (χ0) is 20.6. The Balaban J connectivity index is 1.54. The van der Waals surface area contributed by atoms with Gasteiger partial charge in [0, 0.05) is 28.7 Å². The van der Waals surface area contributed by atoms with E-state index < -0.39 is 10.8 Å². The topological polar surface area (TPSA) is 68.5 Å². The molecule has 1 unspecified atom stereocenters. The molecule has 3 rings (SSSR count). The summed E-state index contributed by atoms with van der Waals surface area (Å²) in [6.07, 6.45) is 0. The second kappa shape index (κ2) is 10.1. The van der Waals surface area contributed by atoms with Crippen LogP contribution in [0.4, 0.5) is 0 Å². The summed E-state index contributed by atoms with van der Waals surface area (Å²) in [5, 5.41) is 2.84. The number of furan rings is 1. The Bertz CT molecular complexity index is 979. The van der Waals surface area contributed by atoms with Crippen molar-refractivity contribution in [2.45, 2.75) is 31.9 Å². The molecule has 0 aliphatic carbocycles. The predicted octanol–water partition coefficient (Wildman–Crippen LogP) is 4.37. The Kier molecular flexibility index (Phi) is 7.25. The number of ether oxygens (including phenoxy) is 1. The second-order valence-corrected chi connectivity index (χ2v) is 8.16. The summed E-state index contributed by atoms with van der Waals surface area (Å²) in [6.45, 7) is 4.84. The molecule has 0 spiro atoms. The number of carbonyl (C=O) groups excluding carboxylic acids is 1. The molecule has 5 nitrogen and oxygen atoms in total. The first-order valence-corrected chi connectivity index (χ1v) is 11.0. The van der Waals surface area contributed by atoms with Crippen LogP contribution in [0.15, 0.2) is 65.1 Å². The zero-order valence-corrected chi connectivity index (χ0v) is 17.5. The lowest BCUT2D eigenvalue weighted by molar-refractivity contribution is 0.0921. The lowest BCUT2D eigenvalue weighted by Crippen LogP contribution is -2.22. The Morgan fingerprint density at radius 1 is 1.03 bits per heavy atom. The van der Waals surface area contributed by atoms with E-state index in [0.717, 1.165) is 16.9 Å². The van der Waals surface area contributed by atoms with Gasteiger partial charge in [0.15, 0.2) is 5.76 Å². The monoisotopic (exact) mass is 411 g/mol. The van der Waals surface area contributed by atoms with Gasteiger partial charge in [-0.05, 0) is 37.6 Å². The van der Waals surface area contributed by atoms with Crippen molar-refractivity contribution in [3.05, 3.63) is 88.9 Å². The molecule has 0 radical (unpaired) electrons. The van der Waals surface area contributed by atoms with Gasteiger partial charge in [0.1, 0.15) is 11.5 Å². The van der Waals surface area contributed by atoms with Gasteiger partial charge in [-0.15, -0.1) is 0 Å². The predicted molar refractivity (Wildman–Crippen MR) is 114 cm³/mol. The molecule has 1 amide bonds. The van der Waals surface area contributed by atoms with Crippen molar-refractivity contribution in [1.82, 2.24) is 5.32 Å². The number of amides is 1. The SMILES string of the molecule is CCOc1ccccc1CNC(=O)c1ccc(CS(=O)Cc2ccc(C)cc2)o1. The van der Waals surface area contributed by atoms with E-state index in [1.54, 1.807) is 12.1 Å². The zero-order valence-electron chi connectivity index (χ0n) is 16.6. The second-order valence-electron chi connectivity index (χ2n) is 6.70. The smallest absolute Gasteiger partial charge is 0.287 e. The molecule has 0 bridgehead atoms. The van der Waals surface area contributed by atoms with E-state index in [1.165, 1.54) is 5.56 Å². The number of aryl methyl sites for hydroxylation is 1. The van der Waals surface area contributed by atoms with Crippen LogP contribution in [-0.4, -0.2) is 16.7 Å². The van der Waals surface area contributed by atoms with Gasteiger partial charge in [-0.1, -0.05) is 48.0 Å². The van der Waals surface area contributed by atoms with Gasteiger partial charge in [-0.2, -0.15) is 0 Å². The summed E-state index contributed by atoms with van der Waals surface area (Å²) < 4.78 is 23.6. The van der Waals surface area contributed by atoms with Crippen LogP contribution in [0.2, 0.25) is 0 Å². The summed E-state index contributed by atoms with van der Waals surface area (Å²) in [6, 6.07) is 18.9. The molecule has 1 heterocycles. The van der Waals surface area contributed by atoms with E-state index >= 15 is 0 Å². The van der Waals surface area contributed by atoms with Gasteiger partial charge in [0.05, 0.1) is 12.4 Å². The normalized spacial score (nSPS) is 11.8. The minimum atomic E-state index is -1.11. The highest BCUT2D eigenvalue weighted by Gasteiger charge is 2.14. The van der Waals surface area contributed by atoms with Crippen molar-refractivity contribution < 1.29 is 18.2 Å². The number of hydrogen-bond acceptors (Lipinski definition) is 4. The van der Waals surface area contributed by atoms with Crippen molar-refractivity contribution in [3.63, 3.8) is 0 Å². The molecule has 152 valence electrons. The van der Waals surface area contributed by atoms with E-state index in [2.05, 4.69) is 5.32 Å². The van der Waals surface area contributed by atoms with E-state index in [1.807, 2.05) is 62.4 Å². The van der Waals surface area contributed by atoms with Gasteiger partial charge >= 0.3 is 0 Å². The molecule has 0 fully saturated rings. The van der Waals surface area contributed by atoms with Gasteiger partial charge < -0.3 is 14.5 Å². The molecule has 1 N–H and O–H groups in total. The first-order chi connectivity index (χ1) is 14.0. The third kappa shape index (κ3) is 6.06. The van der Waals surface area contributed by atoms with Crippen molar-refractivity contribution in [3.8, 4) is 5.75 Å². The number of carbonyl (C=O) groups is 1. The van der Waals surface area contributed by atoms with Crippen molar-refractivity contribution in [2.75, 3.05) is 6.61 Å². The molecule has 6 heteroatoms. The van der Waals surface area contributed by atoms with E-state index in [0.29, 0.717) is 24.7 Å². The fourth-order valence-electron chi connectivity index (χ4n) is 2.87. The summed E-state index contributed by atoms with van der Waals surface area (Å²) >= 11 is 0. The molecule has 2 aromatic carbocycles. The number of para-hydroxylation sites is 1. The van der Waals surface area contributed by atoms with Gasteiger partial charge in [0.2, 0.25) is 0 Å². The van der Waals surface area contributed by atoms with Crippen molar-refractivity contribution in [1.29, 1.82) is 0 Å². The largest absolute Gasteiger partial charge is 0.494 e. The standard InChI is InChI=1S/C23H25NO4S/c1-3-27-21-7-5-4-6-19(21)14-24-23(25)22-13-12-20(28-22)16-29(26)15-18-10-8-17(2)9-11-18/h4-13H,3,14-16H2,1-2H3,(H,24,25). The number of benzene rings is 2. The number of nitrogens with one attached hydrogen (secondary N) is 1. The molecule has 1 atom stereocenters. The summed E-state index contributed by atoms with van der Waals surface area (Å²) in [5.41, 5.74) is 3.09. The Labute approximate surface area is 173 Å². The molecule has 0 aliphatic rings. The minimum Gasteiger partial charge on any atom is -0.494 e. The van der Waals surface area contributed by atoms with Gasteiger partial charge in [0.25, 0.3) is 5.91 Å². The number of rotatable bonds is 9. The highest BCUT2D eigenvalue weighted by molar-refractivity contribution is 7.83. The Morgan fingerprint density at radius 2 is 1.79 bits per heavy atom. The molecule has 1 aromatic heterocycles. The summed E-state index contributed by atoms with van der Waals surface area (Å²) in [5.74, 6) is 1.91. The third-order valence-corrected chi connectivity index (χ3v) is 5.61. The third-order valence-electron chi connectivity index (χ3n) is 4.35. The van der Waals surface area contributed by atoms with Crippen molar-refractivity contribution in [2.24, 2.45) is 0 Å². The van der Waals surface area contributed by atoms with Crippen LogP contribution in [0.25, 0.3) is 0 Å². The van der Waals surface area contributed by atoms with Crippen LogP contribution in [0, 0.1) is 6.92 Å². The lowest BCUT2D eigenvalue weighted by Gasteiger charge is -2.10. The lowest BCUT2D eigenvalue weighted by atomic mass is 10.2. The summed E-state index contributed by atoms with van der Waals surface area (Å²) in [4.78, 5) is 12.4. The van der Waals surface area contributed by atoms with Crippen LogP contribution >= 0.6 is 0 Å². The molecule has 0 saturated heterocycles. The first kappa shape index (κ1) is 20.9. The molecule has 3 aromatic rings. The minimum absolute atomic E-state index is 0.209. The van der Waals surface area contributed by atoms with E-state index in [4.69, 9.17) is 9.15 Å². The number of hydrogen-bond donors (Lipinski definition) is 1. The molecule has 0 saturated carbocycles. The van der Waals surface area contributed by atoms with Gasteiger partial charge in [-0.25, -0.2) is 0 Å². The molecular formula is C23H25NO4S. The maximum atomic E-state index is 12.4. The van der Waals surface area contributed by atoms with Crippen LogP contribution in [0.3, 0.4) is 0 Å². The van der Waals surface area contributed by atoms with Crippen LogP contribution in [0.5, 0.6) is 5.75 Å². The first-order valence-electron chi connectivity index (χ1n) is 9.53. The average molecular weight is 412 g/mol.